The van der Waals surface area contributed by atoms with Crippen molar-refractivity contribution in [1.29, 1.82) is 0 Å². The quantitative estimate of drug-likeness (QED) is 0.136. The van der Waals surface area contributed by atoms with Crippen molar-refractivity contribution in [3.05, 3.63) is 0 Å². The van der Waals surface area contributed by atoms with E-state index in [0.717, 1.165) is 6.42 Å². The second kappa shape index (κ2) is 17.9. The molecule has 142 valence electrons. The van der Waals surface area contributed by atoms with Crippen LogP contribution in [0, 0.1) is 11.3 Å². The minimum Gasteiger partial charge on any atom is -0.0859 e. The summed E-state index contributed by atoms with van der Waals surface area (Å²) in [4.78, 5) is 0. The Morgan fingerprint density at radius 3 is 1.21 bits per heavy atom. The lowest BCUT2D eigenvalue weighted by atomic mass is 10.0. The van der Waals surface area contributed by atoms with Crippen LogP contribution >= 0.6 is 11.6 Å². The maximum Gasteiger partial charge on any atom is 0.0442 e. The largest absolute Gasteiger partial charge is 0.0859 e. The van der Waals surface area contributed by atoms with Crippen LogP contribution in [0.5, 0.6) is 0 Å². The van der Waals surface area contributed by atoms with Crippen molar-refractivity contribution < 1.29 is 0 Å². The third kappa shape index (κ3) is 22.1. The Balaban J connectivity index is 3.03. The van der Waals surface area contributed by atoms with E-state index >= 15 is 0 Å². The van der Waals surface area contributed by atoms with E-state index in [1.807, 2.05) is 0 Å². The monoisotopic (exact) mass is 370 g/mol. The Labute approximate surface area is 159 Å². The van der Waals surface area contributed by atoms with Gasteiger partial charge < -0.3 is 0 Å². The average Bonchev–Trinajstić information content (AvgIpc) is 2.52. The van der Waals surface area contributed by atoms with Gasteiger partial charge in [0.2, 0.25) is 0 Å². The normalized spacial score (nSPS) is 11.3. The fourth-order valence-electron chi connectivity index (χ4n) is 3.21. The van der Waals surface area contributed by atoms with Gasteiger partial charge in [-0.2, -0.15) is 0 Å². The van der Waals surface area contributed by atoms with E-state index in [0.29, 0.717) is 0 Å². The van der Waals surface area contributed by atoms with Gasteiger partial charge in [0.1, 0.15) is 0 Å². The molecule has 0 aliphatic carbocycles. The van der Waals surface area contributed by atoms with E-state index in [9.17, 15) is 0 Å². The lowest BCUT2D eigenvalue weighted by Crippen LogP contribution is -2.18. The summed E-state index contributed by atoms with van der Waals surface area (Å²) in [6.07, 6.45) is 22.4. The van der Waals surface area contributed by atoms with Crippen LogP contribution < -0.4 is 0 Å². The highest BCUT2D eigenvalue weighted by Gasteiger charge is 2.11. The van der Waals surface area contributed by atoms with Gasteiger partial charge in [-0.1, -0.05) is 121 Å². The van der Waals surface area contributed by atoms with Crippen LogP contribution in [0.25, 0.3) is 0 Å². The van der Waals surface area contributed by atoms with E-state index < -0.39 is 8.07 Å². The maximum atomic E-state index is 5.33. The van der Waals surface area contributed by atoms with Crippen LogP contribution in [-0.2, 0) is 0 Å². The van der Waals surface area contributed by atoms with Crippen molar-refractivity contribution in [2.24, 2.45) is 0 Å². The minimum absolute atomic E-state index is 0.778. The fourth-order valence-corrected chi connectivity index (χ4v) is 4.62. The molecule has 0 spiro atoms. The third-order valence-corrected chi connectivity index (χ3v) is 6.78. The Kier molecular flexibility index (Phi) is 17.9. The van der Waals surface area contributed by atoms with Gasteiger partial charge in [0.25, 0.3) is 0 Å². The zero-order valence-corrected chi connectivity index (χ0v) is 18.7. The van der Waals surface area contributed by atoms with E-state index in [1.54, 1.807) is 0 Å². The molecule has 0 N–H and O–H groups in total. The second-order valence-electron chi connectivity index (χ2n) is 8.64. The van der Waals surface area contributed by atoms with E-state index in [4.69, 9.17) is 11.6 Å². The average molecular weight is 371 g/mol. The highest BCUT2D eigenvalue weighted by Crippen LogP contribution is 2.16. The highest BCUT2D eigenvalue weighted by molar-refractivity contribution is 6.76. The molecular formula is C22H43ClSi. The van der Waals surface area contributed by atoms with Crippen LogP contribution in [-0.4, -0.2) is 8.07 Å². The molecule has 0 heterocycles. The van der Waals surface area contributed by atoms with Gasteiger partial charge in [0.15, 0.2) is 0 Å². The number of halogens is 1. The summed E-state index contributed by atoms with van der Waals surface area (Å²) >= 11 is 5.33. The topological polar surface area (TPSA) is 0 Å². The van der Waals surface area contributed by atoms with Crippen molar-refractivity contribution in [3.63, 3.8) is 0 Å². The van der Waals surface area contributed by atoms with Gasteiger partial charge in [-0.05, 0) is 18.0 Å². The molecule has 0 saturated heterocycles. The number of unbranched alkanes of at least 4 members (excludes halogenated alkanes) is 15. The first-order valence-electron chi connectivity index (χ1n) is 10.6. The molecule has 0 nitrogen and oxygen atoms in total. The molecule has 0 radical (unpaired) electrons. The van der Waals surface area contributed by atoms with Crippen LogP contribution in [0.2, 0.25) is 25.7 Å². The van der Waals surface area contributed by atoms with Gasteiger partial charge in [0.05, 0.1) is 0 Å². The van der Waals surface area contributed by atoms with Crippen LogP contribution in [0.4, 0.5) is 0 Å². The van der Waals surface area contributed by atoms with Crippen molar-refractivity contribution >= 4 is 19.7 Å². The maximum absolute atomic E-state index is 5.33. The first-order valence-corrected chi connectivity index (χ1v) is 14.7. The van der Waals surface area contributed by atoms with Gasteiger partial charge >= 0.3 is 0 Å². The first kappa shape index (κ1) is 24.1. The zero-order chi connectivity index (χ0) is 17.9. The molecule has 0 atom stereocenters. The van der Waals surface area contributed by atoms with Gasteiger partial charge in [-0.25, -0.2) is 0 Å². The van der Waals surface area contributed by atoms with Crippen LogP contribution in [0.1, 0.15) is 103 Å². The lowest BCUT2D eigenvalue weighted by Gasteiger charge is -2.14. The molecule has 0 aliphatic heterocycles. The molecule has 0 fully saturated rings. The fraction of sp³-hybridized carbons (Fsp3) is 0.909. The standard InChI is InChI=1S/C22H43ClSi/c1-24(2,3)22-20-18-16-14-12-10-8-6-4-5-7-9-11-13-15-17-19-21-23/h4-18,20,22H2,1-3H3. The predicted octanol–water partition coefficient (Wildman–Crippen LogP) is 8.77. The van der Waals surface area contributed by atoms with E-state index in [-0.39, 0.29) is 0 Å². The molecule has 0 aromatic rings. The summed E-state index contributed by atoms with van der Waals surface area (Å²) in [6, 6.07) is 1.52. The van der Waals surface area contributed by atoms with Crippen molar-refractivity contribution in [2.75, 3.05) is 0 Å². The highest BCUT2D eigenvalue weighted by atomic mass is 35.5. The molecule has 0 aromatic heterocycles. The molecule has 0 rings (SSSR count). The smallest absolute Gasteiger partial charge is 0.0442 e. The lowest BCUT2D eigenvalue weighted by molar-refractivity contribution is 0.533. The van der Waals surface area contributed by atoms with Crippen LogP contribution in [0.15, 0.2) is 0 Å². The zero-order valence-electron chi connectivity index (χ0n) is 16.9. The number of hydrogen-bond acceptors (Lipinski definition) is 0. The molecule has 0 unspecified atom stereocenters. The molecule has 2 heteroatoms. The number of rotatable bonds is 17. The Hall–Kier alpha value is 0.0669. The SMILES string of the molecule is C[Si](C)(C)CCCCCCCCCCCCCCCCCC#CCl. The molecule has 0 aliphatic rings. The Morgan fingerprint density at radius 1 is 0.542 bits per heavy atom. The molecule has 0 saturated carbocycles. The molecule has 24 heavy (non-hydrogen) atoms. The summed E-state index contributed by atoms with van der Waals surface area (Å²) in [6.45, 7) is 7.47. The summed E-state index contributed by atoms with van der Waals surface area (Å²) in [5, 5.41) is 2.45. The predicted molar refractivity (Wildman–Crippen MR) is 116 cm³/mol. The first-order chi connectivity index (χ1) is 11.6. The molecule has 0 amide bonds. The third-order valence-electron chi connectivity index (χ3n) is 4.80. The van der Waals surface area contributed by atoms with Crippen molar-refractivity contribution in [1.82, 2.24) is 0 Å². The summed E-state index contributed by atoms with van der Waals surface area (Å²) in [5.41, 5.74) is 0. The number of hydrogen-bond donors (Lipinski definition) is 0. The van der Waals surface area contributed by atoms with Crippen molar-refractivity contribution in [3.8, 4) is 11.3 Å². The van der Waals surface area contributed by atoms with Gasteiger partial charge in [0, 0.05) is 19.9 Å². The van der Waals surface area contributed by atoms with Crippen LogP contribution in [0.3, 0.4) is 0 Å². The summed E-state index contributed by atoms with van der Waals surface area (Å²) in [7, 11) is -0.778. The minimum atomic E-state index is -0.778. The Morgan fingerprint density at radius 2 is 0.875 bits per heavy atom. The molecular weight excluding hydrogens is 328 g/mol. The molecule has 0 aromatic carbocycles. The second-order valence-corrected chi connectivity index (χ2v) is 14.4. The van der Waals surface area contributed by atoms with Gasteiger partial charge in [-0.3, -0.25) is 0 Å². The molecule has 0 bridgehead atoms. The van der Waals surface area contributed by atoms with Crippen molar-refractivity contribution in [2.45, 2.75) is 128 Å². The van der Waals surface area contributed by atoms with E-state index in [2.05, 4.69) is 30.9 Å². The van der Waals surface area contributed by atoms with E-state index in [1.165, 1.54) is 102 Å². The Bertz CT molecular complexity index is 308. The summed E-state index contributed by atoms with van der Waals surface area (Å²) < 4.78 is 0. The van der Waals surface area contributed by atoms with Gasteiger partial charge in [-0.15, -0.1) is 0 Å². The summed E-state index contributed by atoms with van der Waals surface area (Å²) in [5.74, 6) is 2.92.